The van der Waals surface area contributed by atoms with Gasteiger partial charge in [-0.15, -0.1) is 0 Å². The molecule has 0 aliphatic carbocycles. The van der Waals surface area contributed by atoms with Gasteiger partial charge < -0.3 is 20.3 Å². The number of nitrogens with two attached hydrogens (primary N) is 1. The van der Waals surface area contributed by atoms with Crippen LogP contribution in [0.3, 0.4) is 0 Å². The molecular weight excluding hydrogens is 170 g/mol. The number of hydrogen-bond donors (Lipinski definition) is 1. The van der Waals surface area contributed by atoms with Crippen LogP contribution in [0.1, 0.15) is 6.42 Å². The van der Waals surface area contributed by atoms with Gasteiger partial charge in [-0.05, 0) is 7.05 Å². The monoisotopic (exact) mass is 185 g/mol. The Labute approximate surface area is 77.5 Å². The van der Waals surface area contributed by atoms with Crippen LogP contribution in [-0.2, 0) is 4.79 Å². The maximum Gasteiger partial charge on any atom is 0.315 e. The van der Waals surface area contributed by atoms with Crippen molar-refractivity contribution in [1.29, 1.82) is 0 Å². The third-order valence-electron chi connectivity index (χ3n) is 2.34. The summed E-state index contributed by atoms with van der Waals surface area (Å²) in [5.74, 6) is 0. The number of likely N-dealkylation sites (N-methyl/N-ethyl adjacent to an activating group) is 1. The van der Waals surface area contributed by atoms with E-state index in [4.69, 9.17) is 5.73 Å². The number of amides is 2. The molecule has 0 spiro atoms. The highest BCUT2D eigenvalue weighted by molar-refractivity contribution is 5.73. The number of piperazine rings is 1. The molecule has 2 N–H and O–H groups in total. The molecule has 0 aromatic rings. The summed E-state index contributed by atoms with van der Waals surface area (Å²) in [4.78, 5) is 25.0. The maximum atomic E-state index is 11.0. The van der Waals surface area contributed by atoms with Crippen molar-refractivity contribution in [2.24, 2.45) is 5.73 Å². The third kappa shape index (κ3) is 2.42. The fourth-order valence-electron chi connectivity index (χ4n) is 1.61. The molecule has 0 aromatic carbocycles. The van der Waals surface area contributed by atoms with Gasteiger partial charge in [-0.3, -0.25) is 0 Å². The lowest BCUT2D eigenvalue weighted by molar-refractivity contribution is -0.109. The van der Waals surface area contributed by atoms with Gasteiger partial charge in [0.25, 0.3) is 0 Å². The van der Waals surface area contributed by atoms with Gasteiger partial charge in [0.2, 0.25) is 0 Å². The zero-order valence-electron chi connectivity index (χ0n) is 7.77. The van der Waals surface area contributed by atoms with Gasteiger partial charge in [-0.25, -0.2) is 4.79 Å². The zero-order valence-corrected chi connectivity index (χ0v) is 7.77. The van der Waals surface area contributed by atoms with Crippen LogP contribution >= 0.6 is 0 Å². The first-order valence-electron chi connectivity index (χ1n) is 4.33. The van der Waals surface area contributed by atoms with Crippen LogP contribution in [0.4, 0.5) is 4.79 Å². The molecule has 74 valence electrons. The summed E-state index contributed by atoms with van der Waals surface area (Å²) >= 11 is 0. The summed E-state index contributed by atoms with van der Waals surface area (Å²) in [5.41, 5.74) is 5.19. The SMILES string of the molecule is CN1CCN(C(N)=O)C(CC=O)C1. The summed E-state index contributed by atoms with van der Waals surface area (Å²) in [6.07, 6.45) is 1.20. The Hall–Kier alpha value is -1.10. The average molecular weight is 185 g/mol. The van der Waals surface area contributed by atoms with E-state index in [9.17, 15) is 9.59 Å². The van der Waals surface area contributed by atoms with Gasteiger partial charge in [0.1, 0.15) is 6.29 Å². The number of aldehydes is 1. The first kappa shape index (κ1) is 9.98. The highest BCUT2D eigenvalue weighted by Gasteiger charge is 2.26. The normalized spacial score (nSPS) is 24.4. The van der Waals surface area contributed by atoms with E-state index in [1.807, 2.05) is 7.05 Å². The summed E-state index contributed by atoms with van der Waals surface area (Å²) in [6, 6.07) is -0.478. The molecule has 0 saturated carbocycles. The van der Waals surface area contributed by atoms with Crippen LogP contribution < -0.4 is 5.73 Å². The summed E-state index contributed by atoms with van der Waals surface area (Å²) in [5, 5.41) is 0. The Balaban J connectivity index is 2.59. The second-order valence-electron chi connectivity index (χ2n) is 3.35. The van der Waals surface area contributed by atoms with Crippen molar-refractivity contribution in [3.8, 4) is 0 Å². The molecule has 0 bridgehead atoms. The van der Waals surface area contributed by atoms with Gasteiger partial charge in [0, 0.05) is 26.1 Å². The van der Waals surface area contributed by atoms with Crippen molar-refractivity contribution < 1.29 is 9.59 Å². The predicted octanol–water partition coefficient (Wildman–Crippen LogP) is -0.730. The average Bonchev–Trinajstić information content (AvgIpc) is 2.04. The lowest BCUT2D eigenvalue weighted by Crippen LogP contribution is -2.55. The molecule has 0 aromatic heterocycles. The number of primary amides is 1. The highest BCUT2D eigenvalue weighted by Crippen LogP contribution is 2.09. The van der Waals surface area contributed by atoms with Gasteiger partial charge in [0.05, 0.1) is 6.04 Å². The molecular formula is C8H15N3O2. The molecule has 1 rings (SSSR count). The van der Waals surface area contributed by atoms with E-state index in [2.05, 4.69) is 4.90 Å². The first-order valence-corrected chi connectivity index (χ1v) is 4.33. The molecule has 1 saturated heterocycles. The van der Waals surface area contributed by atoms with E-state index < -0.39 is 6.03 Å². The Morgan fingerprint density at radius 1 is 1.62 bits per heavy atom. The van der Waals surface area contributed by atoms with E-state index in [1.54, 1.807) is 4.90 Å². The lowest BCUT2D eigenvalue weighted by atomic mass is 10.1. The molecule has 2 amide bonds. The van der Waals surface area contributed by atoms with Crippen LogP contribution in [0, 0.1) is 0 Å². The van der Waals surface area contributed by atoms with Crippen molar-refractivity contribution in [3.05, 3.63) is 0 Å². The smallest absolute Gasteiger partial charge is 0.315 e. The van der Waals surface area contributed by atoms with E-state index in [1.165, 1.54) is 0 Å². The predicted molar refractivity (Wildman–Crippen MR) is 48.3 cm³/mol. The molecule has 1 unspecified atom stereocenters. The number of carbonyl (C=O) groups is 2. The first-order chi connectivity index (χ1) is 6.15. The second-order valence-corrected chi connectivity index (χ2v) is 3.35. The summed E-state index contributed by atoms with van der Waals surface area (Å²) in [6.45, 7) is 2.16. The number of urea groups is 1. The Morgan fingerprint density at radius 3 is 2.85 bits per heavy atom. The highest BCUT2D eigenvalue weighted by atomic mass is 16.2. The van der Waals surface area contributed by atoms with Crippen LogP contribution in [0.5, 0.6) is 0 Å². The van der Waals surface area contributed by atoms with Crippen LogP contribution in [0.25, 0.3) is 0 Å². The minimum Gasteiger partial charge on any atom is -0.351 e. The number of carbonyl (C=O) groups excluding carboxylic acids is 2. The second kappa shape index (κ2) is 4.23. The van der Waals surface area contributed by atoms with E-state index in [0.29, 0.717) is 13.0 Å². The van der Waals surface area contributed by atoms with Gasteiger partial charge >= 0.3 is 6.03 Å². The van der Waals surface area contributed by atoms with E-state index >= 15 is 0 Å². The molecule has 5 heteroatoms. The Kier molecular flexibility index (Phi) is 3.25. The molecule has 0 radical (unpaired) electrons. The maximum absolute atomic E-state index is 11.0. The fourth-order valence-corrected chi connectivity index (χ4v) is 1.61. The molecule has 5 nitrogen and oxygen atoms in total. The number of nitrogens with zero attached hydrogens (tertiary/aromatic N) is 2. The molecule has 13 heavy (non-hydrogen) atoms. The zero-order chi connectivity index (χ0) is 9.84. The van der Waals surface area contributed by atoms with Crippen LogP contribution in [-0.4, -0.2) is 54.8 Å². The Bertz CT molecular complexity index is 208. The van der Waals surface area contributed by atoms with Crippen molar-refractivity contribution in [2.75, 3.05) is 26.7 Å². The molecule has 1 aliphatic heterocycles. The summed E-state index contributed by atoms with van der Waals surface area (Å²) < 4.78 is 0. The minimum atomic E-state index is -0.431. The van der Waals surface area contributed by atoms with Crippen LogP contribution in [0.2, 0.25) is 0 Å². The fraction of sp³-hybridized carbons (Fsp3) is 0.750. The summed E-state index contributed by atoms with van der Waals surface area (Å²) in [7, 11) is 1.97. The van der Waals surface area contributed by atoms with Gasteiger partial charge in [-0.1, -0.05) is 0 Å². The van der Waals surface area contributed by atoms with Crippen molar-refractivity contribution in [1.82, 2.24) is 9.80 Å². The van der Waals surface area contributed by atoms with Crippen molar-refractivity contribution >= 4 is 12.3 Å². The van der Waals surface area contributed by atoms with Crippen LogP contribution in [0.15, 0.2) is 0 Å². The molecule has 1 atom stereocenters. The molecule has 1 aliphatic rings. The van der Waals surface area contributed by atoms with E-state index in [-0.39, 0.29) is 6.04 Å². The standard InChI is InChI=1S/C8H15N3O2/c1-10-3-4-11(8(9)13)7(6-10)2-5-12/h5,7H,2-4,6H2,1H3,(H2,9,13). The van der Waals surface area contributed by atoms with Gasteiger partial charge in [0.15, 0.2) is 0 Å². The van der Waals surface area contributed by atoms with E-state index in [0.717, 1.165) is 19.4 Å². The lowest BCUT2D eigenvalue weighted by Gasteiger charge is -2.38. The minimum absolute atomic E-state index is 0.0475. The molecule has 1 heterocycles. The van der Waals surface area contributed by atoms with Crippen molar-refractivity contribution in [3.63, 3.8) is 0 Å². The number of hydrogen-bond acceptors (Lipinski definition) is 3. The number of rotatable bonds is 2. The van der Waals surface area contributed by atoms with Gasteiger partial charge in [-0.2, -0.15) is 0 Å². The topological polar surface area (TPSA) is 66.6 Å². The Morgan fingerprint density at radius 2 is 2.31 bits per heavy atom. The largest absolute Gasteiger partial charge is 0.351 e. The third-order valence-corrected chi connectivity index (χ3v) is 2.34. The van der Waals surface area contributed by atoms with Crippen molar-refractivity contribution in [2.45, 2.75) is 12.5 Å². The quantitative estimate of drug-likeness (QED) is 0.577. The molecule has 1 fully saturated rings.